The second-order valence-corrected chi connectivity index (χ2v) is 7.88. The molecule has 166 valence electrons. The Bertz CT molecular complexity index is 1040. The number of nitriles is 1. The maximum Gasteiger partial charge on any atom is 0.138 e. The van der Waals surface area contributed by atoms with E-state index in [1.54, 1.807) is 44.2 Å². The van der Waals surface area contributed by atoms with E-state index in [-0.39, 0.29) is 13.2 Å². The van der Waals surface area contributed by atoms with E-state index < -0.39 is 17.7 Å². The molecule has 1 aliphatic heterocycles. The van der Waals surface area contributed by atoms with Gasteiger partial charge in [0.1, 0.15) is 42.4 Å². The fourth-order valence-electron chi connectivity index (χ4n) is 3.36. The van der Waals surface area contributed by atoms with E-state index >= 15 is 0 Å². The molecule has 0 aromatic heterocycles. The average Bonchev–Trinajstić information content (AvgIpc) is 2.80. The Hall–Kier alpha value is -3.56. The summed E-state index contributed by atoms with van der Waals surface area (Å²) in [6.45, 7) is 4.17. The van der Waals surface area contributed by atoms with Crippen molar-refractivity contribution in [3.8, 4) is 11.8 Å². The lowest BCUT2D eigenvalue weighted by Crippen LogP contribution is -2.51. The molecule has 0 saturated carbocycles. The highest BCUT2D eigenvalue weighted by molar-refractivity contribution is 5.46. The Morgan fingerprint density at radius 3 is 2.78 bits per heavy atom. The van der Waals surface area contributed by atoms with Crippen molar-refractivity contribution in [1.82, 2.24) is 5.32 Å². The smallest absolute Gasteiger partial charge is 0.138 e. The Morgan fingerprint density at radius 2 is 2.06 bits per heavy atom. The van der Waals surface area contributed by atoms with Gasteiger partial charge in [-0.05, 0) is 37.6 Å². The molecule has 0 radical (unpaired) electrons. The second kappa shape index (κ2) is 10.7. The first-order valence-electron chi connectivity index (χ1n) is 10.2. The van der Waals surface area contributed by atoms with Crippen LogP contribution in [0.15, 0.2) is 66.6 Å². The zero-order valence-electron chi connectivity index (χ0n) is 18.1. The van der Waals surface area contributed by atoms with Gasteiger partial charge in [-0.2, -0.15) is 5.26 Å². The number of ether oxygens (including phenoxy) is 3. The molecule has 0 amide bonds. The summed E-state index contributed by atoms with van der Waals surface area (Å²) in [5, 5.41) is 23.5. The van der Waals surface area contributed by atoms with E-state index in [0.29, 0.717) is 29.2 Å². The summed E-state index contributed by atoms with van der Waals surface area (Å²) in [5.74, 6) is 2.76. The molecule has 0 fully saturated rings. The average molecular weight is 434 g/mol. The quantitative estimate of drug-likeness (QED) is 0.355. The van der Waals surface area contributed by atoms with Gasteiger partial charge in [0.25, 0.3) is 0 Å². The van der Waals surface area contributed by atoms with Crippen LogP contribution in [0.2, 0.25) is 0 Å². The number of rotatable bonds is 9. The lowest BCUT2D eigenvalue weighted by Gasteiger charge is -2.42. The summed E-state index contributed by atoms with van der Waals surface area (Å²) in [6, 6.07) is 16.4. The number of benzene rings is 2. The van der Waals surface area contributed by atoms with Crippen molar-refractivity contribution in [1.29, 1.82) is 5.26 Å². The topological polar surface area (TPSA) is 101 Å². The molecule has 2 atom stereocenters. The molecular formula is C25H26N2O5. The van der Waals surface area contributed by atoms with Crippen LogP contribution >= 0.6 is 0 Å². The molecule has 2 N–H and O–H groups in total. The van der Waals surface area contributed by atoms with Crippen molar-refractivity contribution >= 4 is 5.94 Å². The van der Waals surface area contributed by atoms with Crippen LogP contribution in [-0.2, 0) is 20.9 Å². The normalized spacial score (nSPS) is 19.0. The Morgan fingerprint density at radius 1 is 1.28 bits per heavy atom. The summed E-state index contributed by atoms with van der Waals surface area (Å²) < 4.78 is 17.3. The van der Waals surface area contributed by atoms with Gasteiger partial charge in [0, 0.05) is 17.8 Å². The molecule has 7 nitrogen and oxygen atoms in total. The molecule has 2 aromatic rings. The number of fused-ring (bicyclic) bond motifs is 1. The van der Waals surface area contributed by atoms with Gasteiger partial charge in [-0.3, -0.25) is 0 Å². The van der Waals surface area contributed by atoms with E-state index in [4.69, 9.17) is 14.2 Å². The van der Waals surface area contributed by atoms with Crippen LogP contribution in [0, 0.1) is 11.3 Å². The van der Waals surface area contributed by atoms with Crippen molar-refractivity contribution in [2.75, 3.05) is 13.2 Å². The maximum atomic E-state index is 11.0. The summed E-state index contributed by atoms with van der Waals surface area (Å²) in [5.41, 5.74) is 1.30. The standard InChI is InChI=1S/C25H26N2O5/c1-25(2)24(29)23(21-13-19(14-26)9-10-22(21)32-25)27-15-20(17-30-12-6-11-28)31-16-18-7-4-3-5-8-18/h3-10,13,15,23-24,27,29H,12,16-17H2,1-2H3/b20-15+/t23-,24+/m0/s1. The maximum absolute atomic E-state index is 11.0. The van der Waals surface area contributed by atoms with Crippen molar-refractivity contribution in [3.05, 3.63) is 83.3 Å². The Labute approximate surface area is 187 Å². The summed E-state index contributed by atoms with van der Waals surface area (Å²) in [6.07, 6.45) is 1.99. The number of hydrogen-bond acceptors (Lipinski definition) is 7. The van der Waals surface area contributed by atoms with Gasteiger partial charge in [-0.15, -0.1) is 0 Å². The van der Waals surface area contributed by atoms with Gasteiger partial charge in [0.05, 0.1) is 24.3 Å². The SMILES string of the molecule is CC1(C)Oc2ccc(C#N)cc2[C@H](N/C=C(\COCC=C=O)OCc2ccccc2)[C@H]1O. The molecule has 32 heavy (non-hydrogen) atoms. The number of hydrogen-bond donors (Lipinski definition) is 2. The predicted molar refractivity (Wildman–Crippen MR) is 118 cm³/mol. The van der Waals surface area contributed by atoms with Crippen molar-refractivity contribution in [2.24, 2.45) is 0 Å². The summed E-state index contributed by atoms with van der Waals surface area (Å²) >= 11 is 0. The van der Waals surface area contributed by atoms with Gasteiger partial charge in [-0.25, -0.2) is 4.79 Å². The summed E-state index contributed by atoms with van der Waals surface area (Å²) in [4.78, 5) is 10.4. The Balaban J connectivity index is 1.82. The minimum Gasteiger partial charge on any atom is -0.489 e. The van der Waals surface area contributed by atoms with Gasteiger partial charge < -0.3 is 24.6 Å². The van der Waals surface area contributed by atoms with Crippen LogP contribution in [0.5, 0.6) is 5.75 Å². The molecule has 1 aliphatic rings. The summed E-state index contributed by atoms with van der Waals surface area (Å²) in [7, 11) is 0. The van der Waals surface area contributed by atoms with Crippen molar-refractivity contribution in [3.63, 3.8) is 0 Å². The molecule has 0 spiro atoms. The minimum absolute atomic E-state index is 0.108. The zero-order valence-corrected chi connectivity index (χ0v) is 18.1. The number of aliphatic hydroxyl groups excluding tert-OH is 1. The third kappa shape index (κ3) is 5.77. The predicted octanol–water partition coefficient (Wildman–Crippen LogP) is 3.18. The van der Waals surface area contributed by atoms with Crippen LogP contribution in [0.25, 0.3) is 0 Å². The molecule has 0 bridgehead atoms. The molecule has 0 saturated heterocycles. The van der Waals surface area contributed by atoms with E-state index in [9.17, 15) is 15.2 Å². The molecule has 3 rings (SSSR count). The monoisotopic (exact) mass is 434 g/mol. The molecule has 0 aliphatic carbocycles. The van der Waals surface area contributed by atoms with Gasteiger partial charge in [0.15, 0.2) is 0 Å². The van der Waals surface area contributed by atoms with Crippen LogP contribution in [0.1, 0.15) is 36.6 Å². The largest absolute Gasteiger partial charge is 0.489 e. The first kappa shape index (κ1) is 23.1. The first-order valence-corrected chi connectivity index (χ1v) is 10.2. The lowest BCUT2D eigenvalue weighted by atomic mass is 9.86. The van der Waals surface area contributed by atoms with Crippen molar-refractivity contribution < 1.29 is 24.1 Å². The molecule has 1 heterocycles. The number of nitrogens with zero attached hydrogens (tertiary/aromatic N) is 1. The fraction of sp³-hybridized carbons (Fsp3) is 0.320. The van der Waals surface area contributed by atoms with E-state index in [2.05, 4.69) is 11.4 Å². The molecule has 0 unspecified atom stereocenters. The van der Waals surface area contributed by atoms with Crippen LogP contribution in [0.4, 0.5) is 0 Å². The highest BCUT2D eigenvalue weighted by Crippen LogP contribution is 2.40. The number of aliphatic hydroxyl groups is 1. The molecule has 2 aromatic carbocycles. The first-order chi connectivity index (χ1) is 15.4. The molecule has 7 heteroatoms. The third-order valence-corrected chi connectivity index (χ3v) is 5.09. The van der Waals surface area contributed by atoms with Crippen LogP contribution in [0.3, 0.4) is 0 Å². The van der Waals surface area contributed by atoms with Gasteiger partial charge in [0.2, 0.25) is 0 Å². The highest BCUT2D eigenvalue weighted by Gasteiger charge is 2.42. The second-order valence-electron chi connectivity index (χ2n) is 7.88. The van der Waals surface area contributed by atoms with Crippen molar-refractivity contribution in [2.45, 2.75) is 38.2 Å². The van der Waals surface area contributed by atoms with Crippen LogP contribution in [-0.4, -0.2) is 36.0 Å². The van der Waals surface area contributed by atoms with Crippen LogP contribution < -0.4 is 10.1 Å². The van der Waals surface area contributed by atoms with Gasteiger partial charge >= 0.3 is 0 Å². The lowest BCUT2D eigenvalue weighted by molar-refractivity contribution is -0.0623. The zero-order chi connectivity index (χ0) is 23.0. The van der Waals surface area contributed by atoms with E-state index in [1.807, 2.05) is 30.3 Å². The minimum atomic E-state index is -0.894. The van der Waals surface area contributed by atoms with Gasteiger partial charge in [-0.1, -0.05) is 30.3 Å². The number of nitrogens with one attached hydrogen (secondary N) is 1. The van der Waals surface area contributed by atoms with E-state index in [1.165, 1.54) is 6.08 Å². The third-order valence-electron chi connectivity index (χ3n) is 5.09. The fourth-order valence-corrected chi connectivity index (χ4v) is 3.36. The Kier molecular flexibility index (Phi) is 7.69. The molecular weight excluding hydrogens is 408 g/mol. The highest BCUT2D eigenvalue weighted by atomic mass is 16.5. The number of carbonyl (C=O) groups excluding carboxylic acids is 1. The van der Waals surface area contributed by atoms with E-state index in [0.717, 1.165) is 5.56 Å².